The van der Waals surface area contributed by atoms with Crippen molar-refractivity contribution in [2.24, 2.45) is 0 Å². The van der Waals surface area contributed by atoms with Gasteiger partial charge in [0.15, 0.2) is 0 Å². The Balaban J connectivity index is 0.000000215. The van der Waals surface area contributed by atoms with Crippen molar-refractivity contribution in [2.75, 3.05) is 26.1 Å². The average Bonchev–Trinajstić information content (AvgIpc) is 2.83. The van der Waals surface area contributed by atoms with Gasteiger partial charge in [0, 0.05) is 31.9 Å². The molecule has 0 bridgehead atoms. The third kappa shape index (κ3) is 5.66. The van der Waals surface area contributed by atoms with Crippen molar-refractivity contribution in [1.82, 2.24) is 0 Å². The Morgan fingerprint density at radius 1 is 0.941 bits per heavy atom. The van der Waals surface area contributed by atoms with E-state index in [1.807, 2.05) is 44.4 Å². The second kappa shape index (κ2) is 10.3. The molecule has 176 valence electrons. The van der Waals surface area contributed by atoms with Crippen LogP contribution in [-0.4, -0.2) is 39.1 Å². The first-order chi connectivity index (χ1) is 16.1. The molecule has 1 aromatic heterocycles. The lowest BCUT2D eigenvalue weighted by Crippen LogP contribution is -2.07. The lowest BCUT2D eigenvalue weighted by atomic mass is 10.1. The van der Waals surface area contributed by atoms with Crippen LogP contribution in [0.2, 0.25) is 0 Å². The van der Waals surface area contributed by atoms with Gasteiger partial charge in [-0.05, 0) is 36.4 Å². The molecule has 3 aromatic carbocycles. The van der Waals surface area contributed by atoms with Gasteiger partial charge in [-0.25, -0.2) is 12.8 Å². The number of nitro benzene ring substituents is 1. The van der Waals surface area contributed by atoms with Crippen LogP contribution < -0.4 is 9.64 Å². The largest absolute Gasteiger partial charge is 0.744 e. The van der Waals surface area contributed by atoms with E-state index in [0.717, 1.165) is 45.9 Å². The molecule has 0 fully saturated rings. The molecule has 0 radical (unpaired) electrons. The molecule has 34 heavy (non-hydrogen) atoms. The Hall–Kier alpha value is -4.02. The van der Waals surface area contributed by atoms with Crippen molar-refractivity contribution >= 4 is 32.5 Å². The van der Waals surface area contributed by atoms with Gasteiger partial charge in [0.1, 0.15) is 26.1 Å². The molecule has 0 aliphatic carbocycles. The second-order valence-corrected chi connectivity index (χ2v) is 8.64. The Morgan fingerprint density at radius 2 is 1.56 bits per heavy atom. The molecule has 0 saturated carbocycles. The first kappa shape index (κ1) is 24.6. The third-order valence-corrected chi connectivity index (χ3v) is 5.74. The molecule has 9 nitrogen and oxygen atoms in total. The molecule has 1 heterocycles. The number of rotatable bonds is 5. The van der Waals surface area contributed by atoms with Crippen LogP contribution in [0, 0.1) is 10.1 Å². The molecule has 10 heteroatoms. The van der Waals surface area contributed by atoms with Crippen molar-refractivity contribution in [3.8, 4) is 17.1 Å². The lowest BCUT2D eigenvalue weighted by molar-refractivity contribution is -0.387. The Labute approximate surface area is 196 Å². The summed E-state index contributed by atoms with van der Waals surface area (Å²) in [7, 11) is 0.964. The van der Waals surface area contributed by atoms with Gasteiger partial charge in [0.05, 0.1) is 23.7 Å². The van der Waals surface area contributed by atoms with E-state index in [0.29, 0.717) is 0 Å². The summed E-state index contributed by atoms with van der Waals surface area (Å²) in [5.41, 5.74) is 2.32. The van der Waals surface area contributed by atoms with Gasteiger partial charge in [-0.15, -0.1) is 0 Å². The average molecular weight is 483 g/mol. The highest BCUT2D eigenvalue weighted by Gasteiger charge is 2.19. The van der Waals surface area contributed by atoms with Crippen molar-refractivity contribution in [3.63, 3.8) is 0 Å². The number of nitrogens with zero attached hydrogens (tertiary/aromatic N) is 2. The predicted molar refractivity (Wildman–Crippen MR) is 128 cm³/mol. The summed E-state index contributed by atoms with van der Waals surface area (Å²) in [6, 6.07) is 22.5. The van der Waals surface area contributed by atoms with E-state index in [-0.39, 0.29) is 0 Å². The zero-order chi connectivity index (χ0) is 24.9. The summed E-state index contributed by atoms with van der Waals surface area (Å²) in [6.07, 6.45) is 0. The highest BCUT2D eigenvalue weighted by Crippen LogP contribution is 2.33. The van der Waals surface area contributed by atoms with E-state index in [2.05, 4.69) is 29.2 Å². The minimum absolute atomic E-state index is 0.697. The van der Waals surface area contributed by atoms with Crippen LogP contribution in [0.1, 0.15) is 0 Å². The normalized spacial score (nSPS) is 10.8. The van der Waals surface area contributed by atoms with Crippen molar-refractivity contribution in [2.45, 2.75) is 4.90 Å². The zero-order valence-corrected chi connectivity index (χ0v) is 19.5. The van der Waals surface area contributed by atoms with Crippen LogP contribution in [-0.2, 0) is 10.1 Å². The van der Waals surface area contributed by atoms with Crippen LogP contribution >= 0.6 is 0 Å². The van der Waals surface area contributed by atoms with Gasteiger partial charge in [-0.2, -0.15) is 0 Å². The van der Waals surface area contributed by atoms with Crippen LogP contribution in [0.5, 0.6) is 5.75 Å². The fourth-order valence-corrected chi connectivity index (χ4v) is 3.80. The maximum atomic E-state index is 10.5. The number of hydrogen-bond acceptors (Lipinski definition) is 7. The molecule has 0 unspecified atom stereocenters. The standard InChI is InChI=1S/C18H18NO2.C6H5NO5S/c1-19(2)14-10-8-13(9-11-14)17-12-18(20-3)15-6-4-5-7-16(15)21-17;8-7(9)5-3-1-2-4-6(5)13(10,11)12/h4-12H,1-3H3;1-4H,(H,10,11,12)/q+1;/p-1. The highest BCUT2D eigenvalue weighted by molar-refractivity contribution is 7.85. The van der Waals surface area contributed by atoms with Crippen LogP contribution in [0.3, 0.4) is 0 Å². The first-order valence-electron chi connectivity index (χ1n) is 9.98. The molecule has 0 N–H and O–H groups in total. The van der Waals surface area contributed by atoms with E-state index < -0.39 is 25.6 Å². The van der Waals surface area contributed by atoms with Crippen molar-refractivity contribution < 1.29 is 27.0 Å². The molecule has 0 spiro atoms. The van der Waals surface area contributed by atoms with Crippen LogP contribution in [0.15, 0.2) is 88.2 Å². The highest BCUT2D eigenvalue weighted by atomic mass is 32.2. The van der Waals surface area contributed by atoms with Crippen LogP contribution in [0.4, 0.5) is 11.4 Å². The lowest BCUT2D eigenvalue weighted by Gasteiger charge is -2.11. The maximum Gasteiger partial charge on any atom is 0.364 e. The Morgan fingerprint density at radius 3 is 2.12 bits per heavy atom. The quantitative estimate of drug-likeness (QED) is 0.169. The number of fused-ring (bicyclic) bond motifs is 1. The molecule has 0 amide bonds. The summed E-state index contributed by atoms with van der Waals surface area (Å²) in [6.45, 7) is 0. The van der Waals surface area contributed by atoms with E-state index in [1.54, 1.807) is 7.11 Å². The summed E-state index contributed by atoms with van der Waals surface area (Å²) in [5, 5.41) is 11.3. The number of nitro groups is 1. The number of methoxy groups -OCH3 is 1. The fourth-order valence-electron chi connectivity index (χ4n) is 3.16. The summed E-state index contributed by atoms with van der Waals surface area (Å²) >= 11 is 0. The number of anilines is 1. The topological polar surface area (TPSA) is 124 Å². The Kier molecular flexibility index (Phi) is 7.44. The van der Waals surface area contributed by atoms with Crippen LogP contribution in [0.25, 0.3) is 22.3 Å². The van der Waals surface area contributed by atoms with E-state index >= 15 is 0 Å². The van der Waals surface area contributed by atoms with E-state index in [9.17, 15) is 23.1 Å². The zero-order valence-electron chi connectivity index (χ0n) is 18.7. The minimum Gasteiger partial charge on any atom is -0.744 e. The molecular formula is C24H22N2O7S. The summed E-state index contributed by atoms with van der Waals surface area (Å²) < 4.78 is 43.0. The third-order valence-electron chi connectivity index (χ3n) is 4.85. The number of para-hydroxylation sites is 2. The van der Waals surface area contributed by atoms with Crippen molar-refractivity contribution in [1.29, 1.82) is 0 Å². The van der Waals surface area contributed by atoms with Gasteiger partial charge in [-0.1, -0.05) is 24.3 Å². The molecule has 4 rings (SSSR count). The molecule has 0 aliphatic heterocycles. The van der Waals surface area contributed by atoms with Gasteiger partial charge in [0.25, 0.3) is 5.69 Å². The molecule has 0 aliphatic rings. The van der Waals surface area contributed by atoms with Crippen molar-refractivity contribution in [3.05, 3.63) is 89.0 Å². The van der Waals surface area contributed by atoms with E-state index in [4.69, 9.17) is 9.15 Å². The number of benzene rings is 3. The number of ether oxygens (including phenoxy) is 1. The summed E-state index contributed by atoms with van der Waals surface area (Å²) in [4.78, 5) is 10.6. The smallest absolute Gasteiger partial charge is 0.364 e. The van der Waals surface area contributed by atoms with Gasteiger partial charge in [-0.3, -0.25) is 10.1 Å². The van der Waals surface area contributed by atoms with Gasteiger partial charge in [0.2, 0.25) is 0 Å². The van der Waals surface area contributed by atoms with Gasteiger partial charge >= 0.3 is 11.3 Å². The van der Waals surface area contributed by atoms with E-state index in [1.165, 1.54) is 12.1 Å². The second-order valence-electron chi connectivity index (χ2n) is 7.30. The first-order valence-corrected chi connectivity index (χ1v) is 11.4. The fraction of sp³-hybridized carbons (Fsp3) is 0.125. The van der Waals surface area contributed by atoms with Gasteiger partial charge < -0.3 is 14.2 Å². The number of hydrogen-bond donors (Lipinski definition) is 0. The summed E-state index contributed by atoms with van der Waals surface area (Å²) in [5.74, 6) is 1.62. The molecule has 0 atom stereocenters. The molecule has 4 aromatic rings. The Bertz CT molecular complexity index is 1420. The molecule has 0 saturated heterocycles. The maximum absolute atomic E-state index is 10.5. The minimum atomic E-state index is -4.77. The monoisotopic (exact) mass is 482 g/mol. The predicted octanol–water partition coefficient (Wildman–Crippen LogP) is 4.95. The molecular weight excluding hydrogens is 460 g/mol. The SMILES string of the molecule is COc1cc(-c2ccc(N(C)C)cc2)[o+]c2ccccc12.O=[N+]([O-])c1ccccc1S(=O)(=O)[O-].